The van der Waals surface area contributed by atoms with Gasteiger partial charge in [-0.2, -0.15) is 0 Å². The van der Waals surface area contributed by atoms with Gasteiger partial charge in [-0.15, -0.1) is 0 Å². The molecule has 2 aliphatic heterocycles. The van der Waals surface area contributed by atoms with Crippen molar-refractivity contribution in [2.45, 2.75) is 57.5 Å². The van der Waals surface area contributed by atoms with E-state index in [1.54, 1.807) is 4.90 Å². The molecule has 0 saturated carbocycles. The molecule has 3 atom stereocenters. The predicted molar refractivity (Wildman–Crippen MR) is 95.6 cm³/mol. The highest BCUT2D eigenvalue weighted by Crippen LogP contribution is 2.38. The molecule has 1 aromatic rings. The van der Waals surface area contributed by atoms with E-state index in [0.717, 1.165) is 5.56 Å². The molecule has 0 bridgehead atoms. The predicted octanol–water partition coefficient (Wildman–Crippen LogP) is 2.30. The van der Waals surface area contributed by atoms with E-state index in [1.807, 2.05) is 52.0 Å². The van der Waals surface area contributed by atoms with Crippen LogP contribution in [0.25, 0.3) is 0 Å². The SMILES string of the molecule is CC(C)(C)OC(=O)N1C[C@@H](N2CC[C@](C)(O)C2)[C@@H](O)c2ccccc21. The third kappa shape index (κ3) is 3.81. The number of carbonyl (C=O) groups is 1. The molecule has 6 heteroatoms. The Bertz CT molecular complexity index is 653. The Morgan fingerprint density at radius 2 is 2.00 bits per heavy atom. The first kappa shape index (κ1) is 18.2. The number of hydrogen-bond donors (Lipinski definition) is 2. The number of aliphatic hydroxyl groups excluding tert-OH is 1. The molecule has 0 spiro atoms. The Balaban J connectivity index is 1.91. The van der Waals surface area contributed by atoms with E-state index in [2.05, 4.69) is 4.90 Å². The molecule has 6 nitrogen and oxygen atoms in total. The quantitative estimate of drug-likeness (QED) is 0.815. The fourth-order valence-corrected chi connectivity index (χ4v) is 3.64. The van der Waals surface area contributed by atoms with Crippen molar-refractivity contribution in [1.82, 2.24) is 4.90 Å². The minimum atomic E-state index is -0.757. The topological polar surface area (TPSA) is 73.2 Å². The largest absolute Gasteiger partial charge is 0.443 e. The molecule has 0 unspecified atom stereocenters. The van der Waals surface area contributed by atoms with Gasteiger partial charge in [0.25, 0.3) is 0 Å². The number of aliphatic hydroxyl groups is 2. The molecule has 1 amide bonds. The van der Waals surface area contributed by atoms with Crippen LogP contribution in [0.2, 0.25) is 0 Å². The molecule has 2 N–H and O–H groups in total. The first-order valence-electron chi connectivity index (χ1n) is 8.81. The minimum Gasteiger partial charge on any atom is -0.443 e. The van der Waals surface area contributed by atoms with Gasteiger partial charge < -0.3 is 14.9 Å². The van der Waals surface area contributed by atoms with Crippen molar-refractivity contribution in [1.29, 1.82) is 0 Å². The van der Waals surface area contributed by atoms with Crippen LogP contribution < -0.4 is 4.90 Å². The molecule has 2 heterocycles. The van der Waals surface area contributed by atoms with Crippen LogP contribution in [0.1, 0.15) is 45.8 Å². The van der Waals surface area contributed by atoms with Gasteiger partial charge in [-0.3, -0.25) is 9.80 Å². The zero-order chi connectivity index (χ0) is 18.4. The first-order chi connectivity index (χ1) is 11.6. The Morgan fingerprint density at radius 1 is 1.32 bits per heavy atom. The molecule has 25 heavy (non-hydrogen) atoms. The second-order valence-electron chi connectivity index (χ2n) is 8.38. The third-order valence-corrected chi connectivity index (χ3v) is 4.84. The summed E-state index contributed by atoms with van der Waals surface area (Å²) in [7, 11) is 0. The number of nitrogens with zero attached hydrogens (tertiary/aromatic N) is 2. The molecule has 2 aliphatic rings. The summed E-state index contributed by atoms with van der Waals surface area (Å²) in [5.41, 5.74) is 0.0603. The van der Waals surface area contributed by atoms with Crippen molar-refractivity contribution in [2.75, 3.05) is 24.5 Å². The third-order valence-electron chi connectivity index (χ3n) is 4.84. The summed E-state index contributed by atoms with van der Waals surface area (Å²) in [6.07, 6.45) is -0.462. The van der Waals surface area contributed by atoms with E-state index in [0.29, 0.717) is 31.7 Å². The number of rotatable bonds is 1. The highest BCUT2D eigenvalue weighted by Gasteiger charge is 2.43. The van der Waals surface area contributed by atoms with Crippen LogP contribution in [-0.4, -0.2) is 58.1 Å². The number of para-hydroxylation sites is 1. The summed E-state index contributed by atoms with van der Waals surface area (Å²) >= 11 is 0. The van der Waals surface area contributed by atoms with E-state index in [4.69, 9.17) is 4.74 Å². The zero-order valence-corrected chi connectivity index (χ0v) is 15.4. The number of anilines is 1. The van der Waals surface area contributed by atoms with Gasteiger partial charge >= 0.3 is 6.09 Å². The van der Waals surface area contributed by atoms with E-state index < -0.39 is 23.4 Å². The standard InChI is InChI=1S/C19H28N2O4/c1-18(2,3)25-17(23)21-11-15(20-10-9-19(4,24)12-20)16(22)13-7-5-6-8-14(13)21/h5-8,15-16,22,24H,9-12H2,1-4H3/t15-,16+,19+/m1/s1. The summed E-state index contributed by atoms with van der Waals surface area (Å²) in [5, 5.41) is 21.2. The zero-order valence-electron chi connectivity index (χ0n) is 15.4. The number of fused-ring (bicyclic) bond motifs is 1. The van der Waals surface area contributed by atoms with Gasteiger partial charge in [-0.25, -0.2) is 4.79 Å². The Labute approximate surface area is 149 Å². The van der Waals surface area contributed by atoms with Crippen molar-refractivity contribution < 1.29 is 19.7 Å². The number of amides is 1. The molecule has 0 aromatic heterocycles. The van der Waals surface area contributed by atoms with Crippen LogP contribution in [0.4, 0.5) is 10.5 Å². The lowest BCUT2D eigenvalue weighted by Crippen LogP contribution is -2.53. The van der Waals surface area contributed by atoms with Gasteiger partial charge in [0.05, 0.1) is 23.4 Å². The van der Waals surface area contributed by atoms with Crippen molar-refractivity contribution in [3.63, 3.8) is 0 Å². The lowest BCUT2D eigenvalue weighted by Gasteiger charge is -2.42. The molecule has 1 aromatic carbocycles. The van der Waals surface area contributed by atoms with Crippen LogP contribution >= 0.6 is 0 Å². The lowest BCUT2D eigenvalue weighted by atomic mass is 9.94. The Hall–Kier alpha value is -1.63. The molecule has 3 rings (SSSR count). The number of ether oxygens (including phenoxy) is 1. The highest BCUT2D eigenvalue weighted by atomic mass is 16.6. The van der Waals surface area contributed by atoms with E-state index >= 15 is 0 Å². The smallest absolute Gasteiger partial charge is 0.414 e. The fourth-order valence-electron chi connectivity index (χ4n) is 3.64. The van der Waals surface area contributed by atoms with E-state index in [1.165, 1.54) is 0 Å². The average Bonchev–Trinajstić information content (AvgIpc) is 2.86. The summed E-state index contributed by atoms with van der Waals surface area (Å²) in [4.78, 5) is 16.4. The summed E-state index contributed by atoms with van der Waals surface area (Å²) < 4.78 is 5.56. The van der Waals surface area contributed by atoms with E-state index in [9.17, 15) is 15.0 Å². The molecular formula is C19H28N2O4. The molecule has 0 radical (unpaired) electrons. The summed E-state index contributed by atoms with van der Waals surface area (Å²) in [6, 6.07) is 7.12. The van der Waals surface area contributed by atoms with Gasteiger partial charge in [-0.05, 0) is 40.2 Å². The van der Waals surface area contributed by atoms with Gasteiger partial charge in [0.15, 0.2) is 0 Å². The highest BCUT2D eigenvalue weighted by molar-refractivity contribution is 5.90. The van der Waals surface area contributed by atoms with Crippen molar-refractivity contribution in [3.05, 3.63) is 29.8 Å². The lowest BCUT2D eigenvalue weighted by molar-refractivity contribution is 0.0244. The maximum atomic E-state index is 12.7. The molecule has 1 fully saturated rings. The number of hydrogen-bond acceptors (Lipinski definition) is 5. The Morgan fingerprint density at radius 3 is 2.60 bits per heavy atom. The van der Waals surface area contributed by atoms with Crippen molar-refractivity contribution in [3.8, 4) is 0 Å². The molecule has 1 saturated heterocycles. The molecular weight excluding hydrogens is 320 g/mol. The van der Waals surface area contributed by atoms with Crippen molar-refractivity contribution >= 4 is 11.8 Å². The average molecular weight is 348 g/mol. The number of likely N-dealkylation sites (tertiary alicyclic amines) is 1. The van der Waals surface area contributed by atoms with Gasteiger partial charge in [0.1, 0.15) is 5.60 Å². The van der Waals surface area contributed by atoms with Crippen LogP contribution in [0.5, 0.6) is 0 Å². The number of benzene rings is 1. The van der Waals surface area contributed by atoms with Crippen LogP contribution in [0.3, 0.4) is 0 Å². The maximum Gasteiger partial charge on any atom is 0.414 e. The van der Waals surface area contributed by atoms with Gasteiger partial charge in [0.2, 0.25) is 0 Å². The second-order valence-corrected chi connectivity index (χ2v) is 8.38. The minimum absolute atomic E-state index is 0.267. The number of carbonyl (C=O) groups excluding carboxylic acids is 1. The van der Waals surface area contributed by atoms with Crippen LogP contribution in [0.15, 0.2) is 24.3 Å². The van der Waals surface area contributed by atoms with Gasteiger partial charge in [-0.1, -0.05) is 18.2 Å². The Kier molecular flexibility index (Phi) is 4.56. The number of β-amino-alcohol motifs (C(OH)–C–C–N with tert-alkyl or cyclic N) is 1. The van der Waals surface area contributed by atoms with Gasteiger partial charge in [0, 0.05) is 25.2 Å². The summed E-state index contributed by atoms with van der Waals surface area (Å²) in [6.45, 7) is 8.84. The summed E-state index contributed by atoms with van der Waals surface area (Å²) in [5.74, 6) is 0. The van der Waals surface area contributed by atoms with Crippen LogP contribution in [0, 0.1) is 0 Å². The maximum absolute atomic E-state index is 12.7. The van der Waals surface area contributed by atoms with Crippen molar-refractivity contribution in [2.24, 2.45) is 0 Å². The first-order valence-corrected chi connectivity index (χ1v) is 8.81. The van der Waals surface area contributed by atoms with Crippen LogP contribution in [-0.2, 0) is 4.74 Å². The fraction of sp³-hybridized carbons (Fsp3) is 0.632. The second kappa shape index (κ2) is 6.27. The molecule has 138 valence electrons. The molecule has 0 aliphatic carbocycles. The van der Waals surface area contributed by atoms with E-state index in [-0.39, 0.29) is 6.04 Å². The normalized spacial score (nSPS) is 30.2. The monoisotopic (exact) mass is 348 g/mol.